The van der Waals surface area contributed by atoms with E-state index in [4.69, 9.17) is 5.73 Å². The van der Waals surface area contributed by atoms with Crippen LogP contribution in [0.5, 0.6) is 0 Å². The average Bonchev–Trinajstić information content (AvgIpc) is 2.35. The maximum atomic E-state index is 14.0. The number of nitrogen functional groups attached to an aromatic ring is 1. The van der Waals surface area contributed by atoms with Crippen LogP contribution in [0.1, 0.15) is 0 Å². The predicted octanol–water partition coefficient (Wildman–Crippen LogP) is 3.46. The molecule has 0 saturated heterocycles. The maximum Gasteiger partial charge on any atom is 0.182 e. The monoisotopic (exact) mass is 281 g/mol. The minimum absolute atomic E-state index is 0.0752. The standard InChI is InChI=1S/C14H14F2NOP/c1-19(2,18)12-6-4-3-5-9(12)10-7-8-11(17)14(16)13(10)15/h3-8H,17H2,1-2H3. The molecule has 5 heteroatoms. The molecule has 0 heterocycles. The zero-order chi connectivity index (χ0) is 14.2. The van der Waals surface area contributed by atoms with E-state index in [2.05, 4.69) is 0 Å². The first-order valence-corrected chi connectivity index (χ1v) is 8.31. The molecule has 0 unspecified atom stereocenters. The first-order valence-electron chi connectivity index (χ1n) is 5.71. The highest BCUT2D eigenvalue weighted by molar-refractivity contribution is 7.70. The highest BCUT2D eigenvalue weighted by Gasteiger charge is 2.20. The Morgan fingerprint density at radius 3 is 2.21 bits per heavy atom. The highest BCUT2D eigenvalue weighted by Crippen LogP contribution is 2.39. The van der Waals surface area contributed by atoms with Crippen molar-refractivity contribution < 1.29 is 13.3 Å². The van der Waals surface area contributed by atoms with E-state index in [9.17, 15) is 13.3 Å². The quantitative estimate of drug-likeness (QED) is 0.676. The molecule has 0 atom stereocenters. The highest BCUT2D eigenvalue weighted by atomic mass is 31.2. The van der Waals surface area contributed by atoms with Crippen molar-refractivity contribution in [3.63, 3.8) is 0 Å². The molecule has 0 spiro atoms. The number of hydrogen-bond donors (Lipinski definition) is 1. The molecule has 0 bridgehead atoms. The lowest BCUT2D eigenvalue weighted by Gasteiger charge is -2.14. The van der Waals surface area contributed by atoms with Gasteiger partial charge in [-0.15, -0.1) is 0 Å². The van der Waals surface area contributed by atoms with E-state index < -0.39 is 18.8 Å². The smallest absolute Gasteiger partial charge is 0.182 e. The summed E-state index contributed by atoms with van der Waals surface area (Å²) in [6.07, 6.45) is 0. The molecule has 0 amide bonds. The summed E-state index contributed by atoms with van der Waals surface area (Å²) in [6.45, 7) is 3.19. The molecule has 2 N–H and O–H groups in total. The fraction of sp³-hybridized carbons (Fsp3) is 0.143. The Hall–Kier alpha value is -1.67. The fourth-order valence-corrected chi connectivity index (χ4v) is 3.16. The van der Waals surface area contributed by atoms with Gasteiger partial charge in [0.25, 0.3) is 0 Å². The van der Waals surface area contributed by atoms with Crippen LogP contribution in [0.25, 0.3) is 11.1 Å². The van der Waals surface area contributed by atoms with Crippen LogP contribution in [0.3, 0.4) is 0 Å². The van der Waals surface area contributed by atoms with Gasteiger partial charge in [-0.2, -0.15) is 0 Å². The molecule has 100 valence electrons. The Bertz CT molecular complexity index is 679. The molecular formula is C14H14F2NOP. The van der Waals surface area contributed by atoms with Crippen molar-refractivity contribution >= 4 is 18.1 Å². The molecule has 0 saturated carbocycles. The molecule has 0 aromatic heterocycles. The van der Waals surface area contributed by atoms with Crippen LogP contribution < -0.4 is 11.0 Å². The lowest BCUT2D eigenvalue weighted by atomic mass is 10.0. The van der Waals surface area contributed by atoms with E-state index >= 15 is 0 Å². The van der Waals surface area contributed by atoms with E-state index in [1.54, 1.807) is 37.6 Å². The van der Waals surface area contributed by atoms with Gasteiger partial charge in [-0.05, 0) is 31.0 Å². The maximum absolute atomic E-state index is 14.0. The molecule has 2 rings (SSSR count). The van der Waals surface area contributed by atoms with E-state index in [1.807, 2.05) is 0 Å². The third kappa shape index (κ3) is 2.54. The van der Waals surface area contributed by atoms with Crippen molar-refractivity contribution in [3.8, 4) is 11.1 Å². The number of nitrogens with two attached hydrogens (primary N) is 1. The average molecular weight is 281 g/mol. The van der Waals surface area contributed by atoms with Crippen molar-refractivity contribution in [1.29, 1.82) is 0 Å². The van der Waals surface area contributed by atoms with Gasteiger partial charge >= 0.3 is 0 Å². The van der Waals surface area contributed by atoms with Gasteiger partial charge in [0, 0.05) is 10.9 Å². The van der Waals surface area contributed by atoms with Crippen LogP contribution in [0.4, 0.5) is 14.5 Å². The first kappa shape index (κ1) is 13.8. The normalized spacial score (nSPS) is 11.6. The Morgan fingerprint density at radius 2 is 1.58 bits per heavy atom. The molecule has 0 aliphatic carbocycles. The lowest BCUT2D eigenvalue weighted by Crippen LogP contribution is -2.08. The molecule has 2 aromatic rings. The van der Waals surface area contributed by atoms with Crippen molar-refractivity contribution in [3.05, 3.63) is 48.0 Å². The van der Waals surface area contributed by atoms with Gasteiger partial charge in [0.15, 0.2) is 11.6 Å². The molecule has 2 aromatic carbocycles. The number of benzene rings is 2. The van der Waals surface area contributed by atoms with Crippen LogP contribution in [-0.2, 0) is 4.57 Å². The number of hydrogen-bond acceptors (Lipinski definition) is 2. The second-order valence-electron chi connectivity index (χ2n) is 4.70. The van der Waals surface area contributed by atoms with Crippen molar-refractivity contribution in [2.45, 2.75) is 0 Å². The largest absolute Gasteiger partial charge is 0.396 e. The van der Waals surface area contributed by atoms with Gasteiger partial charge in [0.2, 0.25) is 0 Å². The Balaban J connectivity index is 2.74. The first-order chi connectivity index (χ1) is 8.82. The third-order valence-corrected chi connectivity index (χ3v) is 4.44. The second-order valence-corrected chi connectivity index (χ2v) is 7.88. The van der Waals surface area contributed by atoms with Crippen molar-refractivity contribution in [1.82, 2.24) is 0 Å². The van der Waals surface area contributed by atoms with Crippen LogP contribution in [0.2, 0.25) is 0 Å². The zero-order valence-electron chi connectivity index (χ0n) is 10.7. The molecule has 2 nitrogen and oxygen atoms in total. The summed E-state index contributed by atoms with van der Waals surface area (Å²) in [6, 6.07) is 9.43. The minimum Gasteiger partial charge on any atom is -0.396 e. The zero-order valence-corrected chi connectivity index (χ0v) is 11.5. The fourth-order valence-electron chi connectivity index (χ4n) is 1.94. The summed E-state index contributed by atoms with van der Waals surface area (Å²) in [5.74, 6) is -2.09. The molecule has 0 aliphatic heterocycles. The molecule has 19 heavy (non-hydrogen) atoms. The van der Waals surface area contributed by atoms with E-state index in [-0.39, 0.29) is 11.3 Å². The molecule has 0 radical (unpaired) electrons. The van der Waals surface area contributed by atoms with Gasteiger partial charge in [0.1, 0.15) is 7.14 Å². The van der Waals surface area contributed by atoms with Gasteiger partial charge < -0.3 is 10.3 Å². The summed E-state index contributed by atoms with van der Waals surface area (Å²) in [5, 5.41) is 0.526. The van der Waals surface area contributed by atoms with Crippen molar-refractivity contribution in [2.24, 2.45) is 0 Å². The summed E-state index contributed by atoms with van der Waals surface area (Å²) in [4.78, 5) is 0. The van der Waals surface area contributed by atoms with Crippen LogP contribution in [-0.4, -0.2) is 13.3 Å². The predicted molar refractivity (Wildman–Crippen MR) is 75.3 cm³/mol. The summed E-state index contributed by atoms with van der Waals surface area (Å²) in [7, 11) is -2.59. The molecule has 0 fully saturated rings. The summed E-state index contributed by atoms with van der Waals surface area (Å²) in [5.41, 5.74) is 5.59. The summed E-state index contributed by atoms with van der Waals surface area (Å²) < 4.78 is 39.7. The Morgan fingerprint density at radius 1 is 0.947 bits per heavy atom. The van der Waals surface area contributed by atoms with E-state index in [1.165, 1.54) is 12.1 Å². The SMILES string of the molecule is CP(C)(=O)c1ccccc1-c1ccc(N)c(F)c1F. The number of anilines is 1. The van der Waals surface area contributed by atoms with E-state index in [0.717, 1.165) is 0 Å². The van der Waals surface area contributed by atoms with Crippen LogP contribution in [0, 0.1) is 11.6 Å². The van der Waals surface area contributed by atoms with Gasteiger partial charge in [-0.1, -0.05) is 24.3 Å². The molecular weight excluding hydrogens is 267 g/mol. The van der Waals surface area contributed by atoms with Crippen LogP contribution in [0.15, 0.2) is 36.4 Å². The number of halogens is 2. The Kier molecular flexibility index (Phi) is 3.46. The van der Waals surface area contributed by atoms with Crippen molar-refractivity contribution in [2.75, 3.05) is 19.1 Å². The molecule has 0 aliphatic rings. The van der Waals surface area contributed by atoms with Gasteiger partial charge in [0.05, 0.1) is 5.69 Å². The number of rotatable bonds is 2. The van der Waals surface area contributed by atoms with Crippen LogP contribution >= 0.6 is 7.14 Å². The second kappa shape index (κ2) is 4.78. The lowest BCUT2D eigenvalue weighted by molar-refractivity contribution is 0.514. The topological polar surface area (TPSA) is 43.1 Å². The van der Waals surface area contributed by atoms with Gasteiger partial charge in [-0.25, -0.2) is 8.78 Å². The third-order valence-electron chi connectivity index (χ3n) is 2.89. The van der Waals surface area contributed by atoms with Gasteiger partial charge in [-0.3, -0.25) is 0 Å². The van der Waals surface area contributed by atoms with E-state index in [0.29, 0.717) is 10.9 Å². The minimum atomic E-state index is -2.59. The Labute approximate surface area is 110 Å². The summed E-state index contributed by atoms with van der Waals surface area (Å²) >= 11 is 0.